The van der Waals surface area contributed by atoms with Gasteiger partial charge in [-0.25, -0.2) is 0 Å². The Morgan fingerprint density at radius 1 is 1.25 bits per heavy atom. The zero-order valence-corrected chi connectivity index (χ0v) is 8.16. The van der Waals surface area contributed by atoms with Crippen molar-refractivity contribution < 1.29 is 5.11 Å². The molecular weight excluding hydrogens is 152 g/mol. The van der Waals surface area contributed by atoms with Gasteiger partial charge in [-0.3, -0.25) is 0 Å². The molecule has 0 saturated carbocycles. The molecule has 1 fully saturated rings. The average molecular weight is 172 g/mol. The molecule has 1 atom stereocenters. The summed E-state index contributed by atoms with van der Waals surface area (Å²) in [5.74, 6) is 0.424. The average Bonchev–Trinajstić information content (AvgIpc) is 2.09. The minimum Gasteiger partial charge on any atom is -0.396 e. The summed E-state index contributed by atoms with van der Waals surface area (Å²) in [6.45, 7) is 8.09. The van der Waals surface area contributed by atoms with Crippen LogP contribution >= 0.6 is 0 Å². The van der Waals surface area contributed by atoms with Gasteiger partial charge in [0.05, 0.1) is 0 Å². The maximum Gasteiger partial charge on any atom is 0.0468 e. The monoisotopic (exact) mass is 172 g/mol. The predicted octanol–water partition coefficient (Wildman–Crippen LogP) is -0.138. The Hall–Kier alpha value is -0.120. The highest BCUT2D eigenvalue weighted by atomic mass is 16.3. The van der Waals surface area contributed by atoms with Gasteiger partial charge in [-0.2, -0.15) is 0 Å². The molecule has 1 saturated heterocycles. The number of rotatable bonds is 3. The molecule has 0 radical (unpaired) electrons. The standard InChI is InChI=1S/C9H20N2O/c1-9(8-12)7-11-5-3-10(2)4-6-11/h9,12H,3-8H2,1-2H3. The van der Waals surface area contributed by atoms with E-state index in [1.807, 2.05) is 0 Å². The third-order valence-electron chi connectivity index (χ3n) is 2.48. The van der Waals surface area contributed by atoms with Crippen molar-refractivity contribution in [3.63, 3.8) is 0 Å². The van der Waals surface area contributed by atoms with Crippen molar-refractivity contribution in [3.8, 4) is 0 Å². The normalized spacial score (nSPS) is 24.2. The van der Waals surface area contributed by atoms with Gasteiger partial charge in [0, 0.05) is 39.3 Å². The van der Waals surface area contributed by atoms with E-state index < -0.39 is 0 Å². The molecule has 0 aromatic rings. The maximum absolute atomic E-state index is 8.88. The fourth-order valence-electron chi connectivity index (χ4n) is 1.53. The van der Waals surface area contributed by atoms with Crippen LogP contribution in [0, 0.1) is 5.92 Å². The Balaban J connectivity index is 2.17. The molecule has 1 aliphatic heterocycles. The highest BCUT2D eigenvalue weighted by Gasteiger charge is 2.15. The second-order valence-corrected chi connectivity index (χ2v) is 3.89. The van der Waals surface area contributed by atoms with Crippen molar-refractivity contribution in [1.29, 1.82) is 0 Å². The molecule has 1 heterocycles. The van der Waals surface area contributed by atoms with E-state index in [1.165, 1.54) is 0 Å². The molecule has 72 valence electrons. The van der Waals surface area contributed by atoms with Crippen LogP contribution in [-0.2, 0) is 0 Å². The van der Waals surface area contributed by atoms with E-state index in [9.17, 15) is 0 Å². The summed E-state index contributed by atoms with van der Waals surface area (Å²) in [6, 6.07) is 0. The molecule has 1 aliphatic rings. The first-order chi connectivity index (χ1) is 5.72. The van der Waals surface area contributed by atoms with Crippen LogP contribution in [0.4, 0.5) is 0 Å². The Kier molecular flexibility index (Phi) is 3.98. The molecule has 0 aliphatic carbocycles. The molecule has 1 N–H and O–H groups in total. The molecule has 1 unspecified atom stereocenters. The van der Waals surface area contributed by atoms with Crippen molar-refractivity contribution in [2.24, 2.45) is 5.92 Å². The Bertz CT molecular complexity index is 122. The SMILES string of the molecule is CC(CO)CN1CCN(C)CC1. The fourth-order valence-corrected chi connectivity index (χ4v) is 1.53. The van der Waals surface area contributed by atoms with Gasteiger partial charge < -0.3 is 14.9 Å². The minimum atomic E-state index is 0.312. The third-order valence-corrected chi connectivity index (χ3v) is 2.48. The maximum atomic E-state index is 8.88. The van der Waals surface area contributed by atoms with Crippen molar-refractivity contribution in [3.05, 3.63) is 0 Å². The highest BCUT2D eigenvalue weighted by Crippen LogP contribution is 2.03. The number of likely N-dealkylation sites (N-methyl/N-ethyl adjacent to an activating group) is 1. The summed E-state index contributed by atoms with van der Waals surface area (Å²) in [5.41, 5.74) is 0. The van der Waals surface area contributed by atoms with E-state index in [1.54, 1.807) is 0 Å². The molecule has 3 heteroatoms. The van der Waals surface area contributed by atoms with Crippen LogP contribution < -0.4 is 0 Å². The van der Waals surface area contributed by atoms with Crippen LogP contribution in [-0.4, -0.2) is 61.3 Å². The van der Waals surface area contributed by atoms with Crippen LogP contribution in [0.2, 0.25) is 0 Å². The van der Waals surface area contributed by atoms with E-state index in [-0.39, 0.29) is 0 Å². The van der Waals surface area contributed by atoms with Gasteiger partial charge in [0.1, 0.15) is 0 Å². The first-order valence-electron chi connectivity index (χ1n) is 4.74. The Morgan fingerprint density at radius 3 is 2.33 bits per heavy atom. The topological polar surface area (TPSA) is 26.7 Å². The molecule has 1 rings (SSSR count). The number of hydrogen-bond donors (Lipinski definition) is 1. The third kappa shape index (κ3) is 3.09. The summed E-state index contributed by atoms with van der Waals surface area (Å²) in [5, 5.41) is 8.88. The molecule has 3 nitrogen and oxygen atoms in total. The molecule has 0 bridgehead atoms. The lowest BCUT2D eigenvalue weighted by Gasteiger charge is -2.33. The first-order valence-corrected chi connectivity index (χ1v) is 4.74. The number of piperazine rings is 1. The number of nitrogens with zero attached hydrogens (tertiary/aromatic N) is 2. The highest BCUT2D eigenvalue weighted by molar-refractivity contribution is 4.70. The zero-order chi connectivity index (χ0) is 8.97. The van der Waals surface area contributed by atoms with E-state index in [4.69, 9.17) is 5.11 Å². The van der Waals surface area contributed by atoms with Crippen LogP contribution in [0.1, 0.15) is 6.92 Å². The zero-order valence-electron chi connectivity index (χ0n) is 8.16. The molecule has 0 amide bonds. The van der Waals surface area contributed by atoms with Crippen LogP contribution in [0.15, 0.2) is 0 Å². The molecule has 0 aromatic heterocycles. The van der Waals surface area contributed by atoms with Gasteiger partial charge >= 0.3 is 0 Å². The van der Waals surface area contributed by atoms with E-state index in [2.05, 4.69) is 23.8 Å². The molecular formula is C9H20N2O. The van der Waals surface area contributed by atoms with E-state index >= 15 is 0 Å². The summed E-state index contributed by atoms with van der Waals surface area (Å²) < 4.78 is 0. The quantitative estimate of drug-likeness (QED) is 0.642. The van der Waals surface area contributed by atoms with Crippen molar-refractivity contribution in [1.82, 2.24) is 9.80 Å². The summed E-state index contributed by atoms with van der Waals surface area (Å²) in [6.07, 6.45) is 0. The van der Waals surface area contributed by atoms with Crippen molar-refractivity contribution in [2.75, 3.05) is 46.4 Å². The van der Waals surface area contributed by atoms with Crippen molar-refractivity contribution in [2.45, 2.75) is 6.92 Å². The van der Waals surface area contributed by atoms with Gasteiger partial charge in [-0.05, 0) is 13.0 Å². The van der Waals surface area contributed by atoms with Crippen molar-refractivity contribution >= 4 is 0 Å². The Labute approximate surface area is 75.0 Å². The molecule has 12 heavy (non-hydrogen) atoms. The minimum absolute atomic E-state index is 0.312. The smallest absolute Gasteiger partial charge is 0.0468 e. The predicted molar refractivity (Wildman–Crippen MR) is 50.2 cm³/mol. The second kappa shape index (κ2) is 4.80. The summed E-state index contributed by atoms with van der Waals surface area (Å²) >= 11 is 0. The number of hydrogen-bond acceptors (Lipinski definition) is 3. The van der Waals surface area contributed by atoms with Crippen LogP contribution in [0.25, 0.3) is 0 Å². The van der Waals surface area contributed by atoms with Gasteiger partial charge in [0.2, 0.25) is 0 Å². The van der Waals surface area contributed by atoms with E-state index in [0.717, 1.165) is 32.7 Å². The van der Waals surface area contributed by atoms with Gasteiger partial charge in [-0.15, -0.1) is 0 Å². The van der Waals surface area contributed by atoms with Gasteiger partial charge in [0.15, 0.2) is 0 Å². The van der Waals surface area contributed by atoms with Crippen LogP contribution in [0.3, 0.4) is 0 Å². The lowest BCUT2D eigenvalue weighted by atomic mass is 10.1. The Morgan fingerprint density at radius 2 is 1.83 bits per heavy atom. The second-order valence-electron chi connectivity index (χ2n) is 3.89. The van der Waals surface area contributed by atoms with Gasteiger partial charge in [0.25, 0.3) is 0 Å². The summed E-state index contributed by atoms with van der Waals surface area (Å²) in [4.78, 5) is 4.78. The fraction of sp³-hybridized carbons (Fsp3) is 1.00. The molecule has 0 aromatic carbocycles. The lowest BCUT2D eigenvalue weighted by Crippen LogP contribution is -2.46. The van der Waals surface area contributed by atoms with E-state index in [0.29, 0.717) is 12.5 Å². The lowest BCUT2D eigenvalue weighted by molar-refractivity contribution is 0.119. The van der Waals surface area contributed by atoms with Crippen LogP contribution in [0.5, 0.6) is 0 Å². The van der Waals surface area contributed by atoms with Gasteiger partial charge in [-0.1, -0.05) is 6.92 Å². The molecule has 0 spiro atoms. The number of aliphatic hydroxyl groups excluding tert-OH is 1. The number of aliphatic hydroxyl groups is 1. The largest absolute Gasteiger partial charge is 0.396 e. The summed E-state index contributed by atoms with van der Waals surface area (Å²) in [7, 11) is 2.16. The first kappa shape index (κ1) is 9.96.